The minimum atomic E-state index is 0.414. The standard InChI is InChI=1S/C14H19NO/c1-10(2)12-6-5-7-13(11(3)4)14(12)15-8-9-16/h5-11H,1-4H3. The highest BCUT2D eigenvalue weighted by Crippen LogP contribution is 2.34. The molecule has 0 aromatic heterocycles. The second kappa shape index (κ2) is 5.59. The summed E-state index contributed by atoms with van der Waals surface area (Å²) in [5.74, 6) is 0.829. The summed E-state index contributed by atoms with van der Waals surface area (Å²) in [4.78, 5) is 14.7. The lowest BCUT2D eigenvalue weighted by Gasteiger charge is -2.15. The van der Waals surface area contributed by atoms with Crippen LogP contribution < -0.4 is 0 Å². The van der Waals surface area contributed by atoms with Crippen molar-refractivity contribution >= 4 is 18.2 Å². The molecule has 86 valence electrons. The highest BCUT2D eigenvalue weighted by molar-refractivity contribution is 6.13. The lowest BCUT2D eigenvalue weighted by Crippen LogP contribution is -1.95. The normalized spacial score (nSPS) is 11.6. The Hall–Kier alpha value is -1.44. The van der Waals surface area contributed by atoms with Crippen LogP contribution in [0.2, 0.25) is 0 Å². The minimum Gasteiger partial charge on any atom is -0.297 e. The third-order valence-corrected chi connectivity index (χ3v) is 2.61. The van der Waals surface area contributed by atoms with Crippen LogP contribution in [0.5, 0.6) is 0 Å². The maximum Gasteiger partial charge on any atom is 0.161 e. The third kappa shape index (κ3) is 2.78. The molecular weight excluding hydrogens is 198 g/mol. The van der Waals surface area contributed by atoms with Gasteiger partial charge in [-0.15, -0.1) is 0 Å². The number of benzene rings is 1. The van der Waals surface area contributed by atoms with E-state index in [1.54, 1.807) is 0 Å². The van der Waals surface area contributed by atoms with Gasteiger partial charge in [0.15, 0.2) is 6.29 Å². The molecule has 0 atom stereocenters. The van der Waals surface area contributed by atoms with Gasteiger partial charge in [0.1, 0.15) is 0 Å². The van der Waals surface area contributed by atoms with Gasteiger partial charge in [0, 0.05) is 0 Å². The zero-order chi connectivity index (χ0) is 12.1. The van der Waals surface area contributed by atoms with Gasteiger partial charge in [0.2, 0.25) is 0 Å². The highest BCUT2D eigenvalue weighted by Gasteiger charge is 2.12. The lowest BCUT2D eigenvalue weighted by atomic mass is 9.93. The Morgan fingerprint density at radius 3 is 1.94 bits per heavy atom. The van der Waals surface area contributed by atoms with Crippen LogP contribution in [0.3, 0.4) is 0 Å². The Bertz CT molecular complexity index is 365. The van der Waals surface area contributed by atoms with E-state index in [0.717, 1.165) is 12.0 Å². The quantitative estimate of drug-likeness (QED) is 0.556. The number of nitrogens with zero attached hydrogens (tertiary/aromatic N) is 1. The molecule has 0 saturated carbocycles. The molecule has 0 amide bonds. The van der Waals surface area contributed by atoms with Crippen LogP contribution >= 0.6 is 0 Å². The van der Waals surface area contributed by atoms with Crippen molar-refractivity contribution in [3.8, 4) is 0 Å². The first kappa shape index (κ1) is 12.6. The fraction of sp³-hybridized carbons (Fsp3) is 0.429. The number of rotatable bonds is 4. The molecule has 0 heterocycles. The molecule has 0 aliphatic rings. The topological polar surface area (TPSA) is 29.4 Å². The second-order valence-corrected chi connectivity index (χ2v) is 4.51. The summed E-state index contributed by atoms with van der Waals surface area (Å²) >= 11 is 0. The van der Waals surface area contributed by atoms with Crippen LogP contribution in [-0.2, 0) is 4.79 Å². The molecule has 0 unspecified atom stereocenters. The molecule has 1 aromatic rings. The van der Waals surface area contributed by atoms with Crippen LogP contribution in [0.15, 0.2) is 23.2 Å². The van der Waals surface area contributed by atoms with Crippen LogP contribution in [0, 0.1) is 0 Å². The number of carbonyl (C=O) groups is 1. The summed E-state index contributed by atoms with van der Waals surface area (Å²) in [6, 6.07) is 6.21. The third-order valence-electron chi connectivity index (χ3n) is 2.61. The molecule has 2 nitrogen and oxygen atoms in total. The summed E-state index contributed by atoms with van der Waals surface area (Å²) in [7, 11) is 0. The predicted octanol–water partition coefficient (Wildman–Crippen LogP) is 3.83. The molecule has 0 N–H and O–H groups in total. The van der Waals surface area contributed by atoms with Crippen LogP contribution in [0.25, 0.3) is 0 Å². The largest absolute Gasteiger partial charge is 0.297 e. The fourth-order valence-electron chi connectivity index (χ4n) is 1.77. The van der Waals surface area contributed by atoms with E-state index >= 15 is 0 Å². The second-order valence-electron chi connectivity index (χ2n) is 4.51. The molecule has 1 aromatic carbocycles. The number of aliphatic imine (C=N–C) groups is 1. The van der Waals surface area contributed by atoms with Gasteiger partial charge in [-0.2, -0.15) is 0 Å². The average molecular weight is 217 g/mol. The molecule has 0 aliphatic carbocycles. The van der Waals surface area contributed by atoms with E-state index in [2.05, 4.69) is 50.9 Å². The smallest absolute Gasteiger partial charge is 0.161 e. The van der Waals surface area contributed by atoms with E-state index in [0.29, 0.717) is 11.8 Å². The molecule has 0 spiro atoms. The molecule has 1 rings (SSSR count). The Balaban J connectivity index is 3.34. The zero-order valence-corrected chi connectivity index (χ0v) is 10.4. The molecule has 0 fully saturated rings. The summed E-state index contributed by atoms with van der Waals surface area (Å²) in [6.45, 7) is 8.55. The Morgan fingerprint density at radius 2 is 1.56 bits per heavy atom. The van der Waals surface area contributed by atoms with E-state index in [-0.39, 0.29) is 0 Å². The Morgan fingerprint density at radius 1 is 1.06 bits per heavy atom. The number of aldehydes is 1. The Labute approximate surface area is 97.4 Å². The number of hydrogen-bond donors (Lipinski definition) is 0. The van der Waals surface area contributed by atoms with E-state index in [9.17, 15) is 4.79 Å². The van der Waals surface area contributed by atoms with Crippen molar-refractivity contribution in [3.63, 3.8) is 0 Å². The monoisotopic (exact) mass is 217 g/mol. The van der Waals surface area contributed by atoms with Crippen molar-refractivity contribution in [2.75, 3.05) is 0 Å². The minimum absolute atomic E-state index is 0.414. The predicted molar refractivity (Wildman–Crippen MR) is 68.8 cm³/mol. The lowest BCUT2D eigenvalue weighted by molar-refractivity contribution is -0.102. The average Bonchev–Trinajstić information content (AvgIpc) is 2.25. The van der Waals surface area contributed by atoms with Gasteiger partial charge in [-0.05, 0) is 23.0 Å². The molecule has 16 heavy (non-hydrogen) atoms. The van der Waals surface area contributed by atoms with Gasteiger partial charge in [0.05, 0.1) is 11.9 Å². The first-order valence-corrected chi connectivity index (χ1v) is 5.68. The molecule has 0 radical (unpaired) electrons. The van der Waals surface area contributed by atoms with E-state index < -0.39 is 0 Å². The maximum atomic E-state index is 10.4. The van der Waals surface area contributed by atoms with E-state index in [1.165, 1.54) is 17.3 Å². The first-order chi connectivity index (χ1) is 7.57. The maximum absolute atomic E-state index is 10.4. The molecule has 0 aliphatic heterocycles. The van der Waals surface area contributed by atoms with Gasteiger partial charge in [-0.25, -0.2) is 0 Å². The highest BCUT2D eigenvalue weighted by atomic mass is 16.1. The summed E-state index contributed by atoms with van der Waals surface area (Å²) < 4.78 is 0. The van der Waals surface area contributed by atoms with Gasteiger partial charge in [0.25, 0.3) is 0 Å². The van der Waals surface area contributed by atoms with Crippen molar-refractivity contribution in [3.05, 3.63) is 29.3 Å². The van der Waals surface area contributed by atoms with Gasteiger partial charge >= 0.3 is 0 Å². The van der Waals surface area contributed by atoms with E-state index in [4.69, 9.17) is 0 Å². The van der Waals surface area contributed by atoms with Crippen LogP contribution in [-0.4, -0.2) is 12.5 Å². The SMILES string of the molecule is CC(C)c1cccc(C(C)C)c1N=CC=O. The van der Waals surface area contributed by atoms with Crippen molar-refractivity contribution in [2.24, 2.45) is 4.99 Å². The van der Waals surface area contributed by atoms with Crippen molar-refractivity contribution in [2.45, 2.75) is 39.5 Å². The summed E-state index contributed by atoms with van der Waals surface area (Å²) in [5.41, 5.74) is 3.35. The summed E-state index contributed by atoms with van der Waals surface area (Å²) in [6.07, 6.45) is 2.05. The van der Waals surface area contributed by atoms with Crippen molar-refractivity contribution < 1.29 is 4.79 Å². The fourth-order valence-corrected chi connectivity index (χ4v) is 1.77. The Kier molecular flexibility index (Phi) is 4.41. The van der Waals surface area contributed by atoms with Crippen LogP contribution in [0.4, 0.5) is 5.69 Å². The van der Waals surface area contributed by atoms with Gasteiger partial charge in [-0.1, -0.05) is 45.9 Å². The molecule has 0 bridgehead atoms. The number of carbonyl (C=O) groups excluding carboxylic acids is 1. The number of para-hydroxylation sites is 1. The van der Waals surface area contributed by atoms with Crippen LogP contribution in [0.1, 0.15) is 50.7 Å². The molecule has 2 heteroatoms. The van der Waals surface area contributed by atoms with Gasteiger partial charge in [-0.3, -0.25) is 9.79 Å². The zero-order valence-electron chi connectivity index (χ0n) is 10.4. The molecule has 0 saturated heterocycles. The number of hydrogen-bond acceptors (Lipinski definition) is 2. The first-order valence-electron chi connectivity index (χ1n) is 5.68. The van der Waals surface area contributed by atoms with Crippen molar-refractivity contribution in [1.29, 1.82) is 0 Å². The van der Waals surface area contributed by atoms with E-state index in [1.807, 2.05) is 0 Å². The van der Waals surface area contributed by atoms with Crippen molar-refractivity contribution in [1.82, 2.24) is 0 Å². The summed E-state index contributed by atoms with van der Waals surface area (Å²) in [5, 5.41) is 0. The van der Waals surface area contributed by atoms with Gasteiger partial charge < -0.3 is 0 Å². The molecular formula is C14H19NO.